The van der Waals surface area contributed by atoms with Gasteiger partial charge in [-0.2, -0.15) is 0 Å². The second-order valence-electron chi connectivity index (χ2n) is 6.38. The third-order valence-corrected chi connectivity index (χ3v) is 5.18. The predicted octanol–water partition coefficient (Wildman–Crippen LogP) is 4.90. The predicted molar refractivity (Wildman–Crippen MR) is 112 cm³/mol. The molecule has 0 aromatic heterocycles. The molecule has 0 fully saturated rings. The van der Waals surface area contributed by atoms with Gasteiger partial charge in [0.05, 0.1) is 29.5 Å². The number of anilines is 1. The number of benzene rings is 1. The van der Waals surface area contributed by atoms with E-state index in [0.29, 0.717) is 44.3 Å². The molecule has 28 heavy (non-hydrogen) atoms. The van der Waals surface area contributed by atoms with E-state index in [2.05, 4.69) is 42.5 Å². The zero-order valence-corrected chi connectivity index (χ0v) is 19.0. The number of carbonyl (C=O) groups excluding carboxylic acids is 3. The van der Waals surface area contributed by atoms with Crippen molar-refractivity contribution in [2.75, 3.05) is 11.9 Å². The smallest absolute Gasteiger partial charge is 0.339 e. The Kier molecular flexibility index (Phi) is 8.06. The summed E-state index contributed by atoms with van der Waals surface area (Å²) < 4.78 is 11.4. The summed E-state index contributed by atoms with van der Waals surface area (Å²) >= 11 is 6.70. The Labute approximate surface area is 180 Å². The Bertz CT molecular complexity index is 821. The van der Waals surface area contributed by atoms with Crippen LogP contribution in [0.25, 0.3) is 0 Å². The zero-order chi connectivity index (χ0) is 20.8. The van der Waals surface area contributed by atoms with Gasteiger partial charge in [0.15, 0.2) is 0 Å². The van der Waals surface area contributed by atoms with Gasteiger partial charge in [-0.25, -0.2) is 14.4 Å². The van der Waals surface area contributed by atoms with Crippen molar-refractivity contribution in [1.82, 2.24) is 5.32 Å². The van der Waals surface area contributed by atoms with Crippen molar-refractivity contribution in [3.05, 3.63) is 37.9 Å². The number of halogens is 2. The molecule has 0 aliphatic heterocycles. The number of allylic oxidation sites excluding steroid dienone is 1. The van der Waals surface area contributed by atoms with Crippen LogP contribution in [0.1, 0.15) is 50.4 Å². The lowest BCUT2D eigenvalue weighted by atomic mass is 10.2. The highest BCUT2D eigenvalue weighted by atomic mass is 79.9. The molecule has 1 aliphatic carbocycles. The van der Waals surface area contributed by atoms with Gasteiger partial charge < -0.3 is 20.1 Å². The molecule has 0 saturated heterocycles. The number of amides is 2. The fourth-order valence-corrected chi connectivity index (χ4v) is 3.95. The minimum absolute atomic E-state index is 0.265. The summed E-state index contributed by atoms with van der Waals surface area (Å²) in [5.41, 5.74) is 1.74. The molecule has 7 nitrogen and oxygen atoms in total. The van der Waals surface area contributed by atoms with Gasteiger partial charge in [-0.3, -0.25) is 0 Å². The summed E-state index contributed by atoms with van der Waals surface area (Å²) in [6, 6.07) is 2.67. The van der Waals surface area contributed by atoms with Gasteiger partial charge in [-0.1, -0.05) is 0 Å². The van der Waals surface area contributed by atoms with E-state index in [9.17, 15) is 14.4 Å². The first-order chi connectivity index (χ1) is 13.2. The van der Waals surface area contributed by atoms with Crippen LogP contribution in [-0.4, -0.2) is 30.7 Å². The molecule has 152 valence electrons. The third kappa shape index (κ3) is 5.81. The Morgan fingerprint density at radius 1 is 1.07 bits per heavy atom. The second kappa shape index (κ2) is 10.1. The molecule has 0 atom stereocenters. The lowest BCUT2D eigenvalue weighted by Gasteiger charge is -2.14. The van der Waals surface area contributed by atoms with Gasteiger partial charge >= 0.3 is 18.0 Å². The lowest BCUT2D eigenvalue weighted by molar-refractivity contribution is -0.138. The summed E-state index contributed by atoms with van der Waals surface area (Å²) in [5, 5.41) is 5.41. The average Bonchev–Trinajstić information content (AvgIpc) is 3.04. The van der Waals surface area contributed by atoms with E-state index in [0.717, 1.165) is 6.42 Å². The van der Waals surface area contributed by atoms with E-state index in [1.807, 2.05) is 0 Å². The maximum absolute atomic E-state index is 12.4. The standard InChI is InChI=1S/C19H22Br2N2O5/c1-4-27-17(24)11-6-5-7-15(11)22-19(26)23-16-8-12(13(20)9-14(16)21)18(25)28-10(2)3/h8-10H,4-7H2,1-3H3,(H2,22,23,26). The van der Waals surface area contributed by atoms with E-state index in [-0.39, 0.29) is 12.7 Å². The second-order valence-corrected chi connectivity index (χ2v) is 8.08. The molecule has 0 spiro atoms. The summed E-state index contributed by atoms with van der Waals surface area (Å²) in [4.78, 5) is 36.6. The number of hydrogen-bond donors (Lipinski definition) is 2. The van der Waals surface area contributed by atoms with Crippen molar-refractivity contribution in [1.29, 1.82) is 0 Å². The normalized spacial score (nSPS) is 13.5. The molecular weight excluding hydrogens is 496 g/mol. The minimum atomic E-state index is -0.509. The fourth-order valence-electron chi connectivity index (χ4n) is 2.69. The van der Waals surface area contributed by atoms with Crippen molar-refractivity contribution >= 4 is 55.5 Å². The Balaban J connectivity index is 2.16. The SMILES string of the molecule is CCOC(=O)C1=C(NC(=O)Nc2cc(C(=O)OC(C)C)c(Br)cc2Br)CCC1. The highest BCUT2D eigenvalue weighted by molar-refractivity contribution is 9.11. The van der Waals surface area contributed by atoms with E-state index >= 15 is 0 Å². The Morgan fingerprint density at radius 2 is 1.79 bits per heavy atom. The molecule has 2 N–H and O–H groups in total. The minimum Gasteiger partial charge on any atom is -0.463 e. The number of carbonyl (C=O) groups is 3. The maximum Gasteiger partial charge on any atom is 0.339 e. The number of ether oxygens (including phenoxy) is 2. The van der Waals surface area contributed by atoms with Gasteiger partial charge in [0.25, 0.3) is 0 Å². The molecule has 0 saturated carbocycles. The third-order valence-electron chi connectivity index (χ3n) is 3.87. The van der Waals surface area contributed by atoms with Crippen molar-refractivity contribution in [3.63, 3.8) is 0 Å². The molecule has 2 rings (SSSR count). The van der Waals surface area contributed by atoms with Crippen LogP contribution in [0.4, 0.5) is 10.5 Å². The van der Waals surface area contributed by atoms with Crippen molar-refractivity contribution < 1.29 is 23.9 Å². The van der Waals surface area contributed by atoms with Crippen LogP contribution in [0.3, 0.4) is 0 Å². The summed E-state index contributed by atoms with van der Waals surface area (Å²) in [6.07, 6.45) is 1.67. The largest absolute Gasteiger partial charge is 0.463 e. The molecule has 0 unspecified atom stereocenters. The van der Waals surface area contributed by atoms with Crippen LogP contribution in [0, 0.1) is 0 Å². The van der Waals surface area contributed by atoms with Crippen LogP contribution in [0.2, 0.25) is 0 Å². The number of urea groups is 1. The molecule has 0 bridgehead atoms. The van der Waals surface area contributed by atoms with Crippen LogP contribution in [0.15, 0.2) is 32.3 Å². The highest BCUT2D eigenvalue weighted by Gasteiger charge is 2.24. The number of rotatable bonds is 6. The number of nitrogens with one attached hydrogen (secondary N) is 2. The highest BCUT2D eigenvalue weighted by Crippen LogP contribution is 2.31. The van der Waals surface area contributed by atoms with Gasteiger partial charge in [0.1, 0.15) is 0 Å². The van der Waals surface area contributed by atoms with Crippen LogP contribution in [-0.2, 0) is 14.3 Å². The topological polar surface area (TPSA) is 93.7 Å². The van der Waals surface area contributed by atoms with E-state index < -0.39 is 18.0 Å². The fraction of sp³-hybridized carbons (Fsp3) is 0.421. The molecule has 0 radical (unpaired) electrons. The van der Waals surface area contributed by atoms with E-state index in [1.54, 1.807) is 26.8 Å². The van der Waals surface area contributed by atoms with Crippen LogP contribution < -0.4 is 10.6 Å². The molecule has 0 heterocycles. The van der Waals surface area contributed by atoms with Crippen LogP contribution >= 0.6 is 31.9 Å². The van der Waals surface area contributed by atoms with Crippen molar-refractivity contribution in [2.24, 2.45) is 0 Å². The molecule has 1 aromatic carbocycles. The van der Waals surface area contributed by atoms with Gasteiger partial charge in [0, 0.05) is 14.6 Å². The maximum atomic E-state index is 12.4. The van der Waals surface area contributed by atoms with Crippen molar-refractivity contribution in [2.45, 2.75) is 46.1 Å². The monoisotopic (exact) mass is 516 g/mol. The summed E-state index contributed by atoms with van der Waals surface area (Å²) in [5.74, 6) is -0.903. The Hall–Kier alpha value is -1.87. The molecule has 2 amide bonds. The molecule has 1 aromatic rings. The van der Waals surface area contributed by atoms with Gasteiger partial charge in [0.2, 0.25) is 0 Å². The summed E-state index contributed by atoms with van der Waals surface area (Å²) in [6.45, 7) is 5.53. The van der Waals surface area contributed by atoms with Crippen molar-refractivity contribution in [3.8, 4) is 0 Å². The van der Waals surface area contributed by atoms with E-state index in [1.165, 1.54) is 6.07 Å². The van der Waals surface area contributed by atoms with E-state index in [4.69, 9.17) is 9.47 Å². The van der Waals surface area contributed by atoms with Gasteiger partial charge in [-0.05, 0) is 84.0 Å². The average molecular weight is 518 g/mol. The molecular formula is C19H22Br2N2O5. The zero-order valence-electron chi connectivity index (χ0n) is 15.9. The quantitative estimate of drug-likeness (QED) is 0.523. The summed E-state index contributed by atoms with van der Waals surface area (Å²) in [7, 11) is 0. The molecule has 9 heteroatoms. The van der Waals surface area contributed by atoms with Crippen LogP contribution in [0.5, 0.6) is 0 Å². The Morgan fingerprint density at radius 3 is 2.43 bits per heavy atom. The molecule has 1 aliphatic rings. The first-order valence-electron chi connectivity index (χ1n) is 8.90. The first-order valence-corrected chi connectivity index (χ1v) is 10.5. The number of esters is 2. The lowest BCUT2D eigenvalue weighted by Crippen LogP contribution is -2.29. The van der Waals surface area contributed by atoms with Gasteiger partial charge in [-0.15, -0.1) is 0 Å². The first kappa shape index (κ1) is 22.4. The number of hydrogen-bond acceptors (Lipinski definition) is 5.